The smallest absolute Gasteiger partial charge is 0.0472 e. The number of benzene rings is 1. The van der Waals surface area contributed by atoms with E-state index in [1.165, 1.54) is 11.1 Å². The van der Waals surface area contributed by atoms with Crippen LogP contribution in [0.4, 0.5) is 0 Å². The van der Waals surface area contributed by atoms with Gasteiger partial charge in [0.15, 0.2) is 0 Å². The van der Waals surface area contributed by atoms with Crippen LogP contribution in [0.5, 0.6) is 0 Å². The van der Waals surface area contributed by atoms with Gasteiger partial charge in [0.25, 0.3) is 0 Å². The highest BCUT2D eigenvalue weighted by Gasteiger charge is 2.21. The van der Waals surface area contributed by atoms with E-state index in [0.29, 0.717) is 18.0 Å². The van der Waals surface area contributed by atoms with E-state index < -0.39 is 0 Å². The molecule has 2 unspecified atom stereocenters. The largest absolute Gasteiger partial charge is 0.312 e. The fraction of sp³-hybridized carbons (Fsp3) is 0.625. The van der Waals surface area contributed by atoms with Gasteiger partial charge in [0.05, 0.1) is 0 Å². The van der Waals surface area contributed by atoms with E-state index in [4.69, 9.17) is 0 Å². The molecule has 102 valence electrons. The summed E-state index contributed by atoms with van der Waals surface area (Å²) in [4.78, 5) is 2.44. The maximum atomic E-state index is 3.45. The highest BCUT2D eigenvalue weighted by atomic mass is 15.2. The maximum absolute atomic E-state index is 3.45. The minimum Gasteiger partial charge on any atom is -0.312 e. The molecule has 0 aromatic heterocycles. The fourth-order valence-corrected chi connectivity index (χ4v) is 2.46. The summed E-state index contributed by atoms with van der Waals surface area (Å²) in [5, 5.41) is 3.45. The predicted molar refractivity (Wildman–Crippen MR) is 79.9 cm³/mol. The summed E-state index contributed by atoms with van der Waals surface area (Å²) in [7, 11) is 4.26. The first-order valence-electron chi connectivity index (χ1n) is 6.89. The van der Waals surface area contributed by atoms with Crippen LogP contribution >= 0.6 is 0 Å². The third-order valence-corrected chi connectivity index (χ3v) is 3.58. The summed E-state index contributed by atoms with van der Waals surface area (Å²) in [5.41, 5.74) is 2.68. The molecule has 2 heteroatoms. The van der Waals surface area contributed by atoms with E-state index in [1.54, 1.807) is 0 Å². The van der Waals surface area contributed by atoms with Gasteiger partial charge in [-0.15, -0.1) is 0 Å². The zero-order valence-corrected chi connectivity index (χ0v) is 12.7. The van der Waals surface area contributed by atoms with Crippen LogP contribution in [0, 0.1) is 12.8 Å². The predicted octanol–water partition coefficient (Wildman–Crippen LogP) is 3.23. The number of nitrogens with one attached hydrogen (secondary N) is 1. The number of rotatable bonds is 6. The van der Waals surface area contributed by atoms with Gasteiger partial charge in [0.2, 0.25) is 0 Å². The van der Waals surface area contributed by atoms with Crippen LogP contribution in [0.1, 0.15) is 37.9 Å². The fourth-order valence-electron chi connectivity index (χ4n) is 2.46. The zero-order valence-electron chi connectivity index (χ0n) is 12.7. The second kappa shape index (κ2) is 6.91. The molecule has 0 bridgehead atoms. The second-order valence-corrected chi connectivity index (χ2v) is 5.75. The Balaban J connectivity index is 2.79. The number of nitrogens with zero attached hydrogens (tertiary/aromatic N) is 1. The Morgan fingerprint density at radius 3 is 2.11 bits per heavy atom. The first-order chi connectivity index (χ1) is 8.45. The molecule has 0 aliphatic heterocycles. The molecule has 2 nitrogen and oxygen atoms in total. The SMILES string of the molecule is CNC(c1ccc(C)cc1)C(C)N(C)CC(C)C. The van der Waals surface area contributed by atoms with Gasteiger partial charge in [-0.25, -0.2) is 0 Å². The van der Waals surface area contributed by atoms with Crippen LogP contribution in [-0.4, -0.2) is 31.6 Å². The monoisotopic (exact) mass is 248 g/mol. The number of aryl methyl sites for hydroxylation is 1. The molecule has 0 spiro atoms. The summed E-state index contributed by atoms with van der Waals surface area (Å²) < 4.78 is 0. The molecule has 0 aliphatic rings. The van der Waals surface area contributed by atoms with Crippen LogP contribution < -0.4 is 5.32 Å². The lowest BCUT2D eigenvalue weighted by Crippen LogP contribution is -2.41. The van der Waals surface area contributed by atoms with Gasteiger partial charge < -0.3 is 10.2 Å². The van der Waals surface area contributed by atoms with Gasteiger partial charge in [-0.3, -0.25) is 0 Å². The third kappa shape index (κ3) is 4.11. The van der Waals surface area contributed by atoms with Gasteiger partial charge in [0, 0.05) is 18.6 Å². The molecule has 0 amide bonds. The lowest BCUT2D eigenvalue weighted by atomic mass is 9.98. The van der Waals surface area contributed by atoms with Crippen LogP contribution in [0.25, 0.3) is 0 Å². The van der Waals surface area contributed by atoms with Crippen LogP contribution in [0.15, 0.2) is 24.3 Å². The Morgan fingerprint density at radius 2 is 1.67 bits per heavy atom. The normalized spacial score (nSPS) is 15.1. The third-order valence-electron chi connectivity index (χ3n) is 3.58. The molecule has 0 radical (unpaired) electrons. The molecule has 0 saturated heterocycles. The highest BCUT2D eigenvalue weighted by Crippen LogP contribution is 2.21. The van der Waals surface area contributed by atoms with E-state index in [-0.39, 0.29) is 0 Å². The van der Waals surface area contributed by atoms with Gasteiger partial charge in [-0.1, -0.05) is 43.7 Å². The first kappa shape index (κ1) is 15.2. The topological polar surface area (TPSA) is 15.3 Å². The summed E-state index contributed by atoms with van der Waals surface area (Å²) in [6, 6.07) is 9.71. The standard InChI is InChI=1S/C16H28N2/c1-12(2)11-18(6)14(4)16(17-5)15-9-7-13(3)8-10-15/h7-10,12,14,16-17H,11H2,1-6H3. The number of hydrogen-bond acceptors (Lipinski definition) is 2. The van der Waals surface area contributed by atoms with Crippen molar-refractivity contribution in [2.45, 2.75) is 39.8 Å². The maximum Gasteiger partial charge on any atom is 0.0472 e. The highest BCUT2D eigenvalue weighted by molar-refractivity contribution is 5.25. The summed E-state index contributed by atoms with van der Waals surface area (Å²) in [6.45, 7) is 10.1. The molecule has 0 saturated carbocycles. The molecule has 0 fully saturated rings. The molecule has 1 N–H and O–H groups in total. The van der Waals surface area contributed by atoms with E-state index in [1.807, 2.05) is 7.05 Å². The Labute approximate surface area is 112 Å². The molecule has 1 rings (SSSR count). The quantitative estimate of drug-likeness (QED) is 0.831. The van der Waals surface area contributed by atoms with Crippen molar-refractivity contribution in [1.29, 1.82) is 0 Å². The van der Waals surface area contributed by atoms with E-state index in [2.05, 4.69) is 69.2 Å². The van der Waals surface area contributed by atoms with Crippen molar-refractivity contribution in [2.24, 2.45) is 5.92 Å². The van der Waals surface area contributed by atoms with Gasteiger partial charge in [-0.2, -0.15) is 0 Å². The van der Waals surface area contributed by atoms with E-state index in [0.717, 1.165) is 6.54 Å². The minimum absolute atomic E-state index is 0.384. The molecule has 0 aliphatic carbocycles. The Kier molecular flexibility index (Phi) is 5.83. The molecular formula is C16H28N2. The summed E-state index contributed by atoms with van der Waals surface area (Å²) in [5.74, 6) is 0.702. The van der Waals surface area contributed by atoms with E-state index in [9.17, 15) is 0 Å². The number of likely N-dealkylation sites (N-methyl/N-ethyl adjacent to an activating group) is 2. The van der Waals surface area contributed by atoms with Gasteiger partial charge >= 0.3 is 0 Å². The number of hydrogen-bond donors (Lipinski definition) is 1. The molecule has 18 heavy (non-hydrogen) atoms. The summed E-state index contributed by atoms with van der Waals surface area (Å²) in [6.07, 6.45) is 0. The average molecular weight is 248 g/mol. The lowest BCUT2D eigenvalue weighted by molar-refractivity contribution is 0.192. The second-order valence-electron chi connectivity index (χ2n) is 5.75. The van der Waals surface area contributed by atoms with Gasteiger partial charge in [-0.05, 0) is 39.4 Å². The van der Waals surface area contributed by atoms with Crippen LogP contribution in [0.3, 0.4) is 0 Å². The van der Waals surface area contributed by atoms with E-state index >= 15 is 0 Å². The zero-order chi connectivity index (χ0) is 13.7. The molecule has 0 heterocycles. The van der Waals surface area contributed by atoms with Crippen LogP contribution in [0.2, 0.25) is 0 Å². The van der Waals surface area contributed by atoms with Gasteiger partial charge in [0.1, 0.15) is 0 Å². The van der Waals surface area contributed by atoms with Crippen LogP contribution in [-0.2, 0) is 0 Å². The summed E-state index contributed by atoms with van der Waals surface area (Å²) >= 11 is 0. The average Bonchev–Trinajstić information content (AvgIpc) is 2.31. The Morgan fingerprint density at radius 1 is 1.11 bits per heavy atom. The minimum atomic E-state index is 0.384. The first-order valence-corrected chi connectivity index (χ1v) is 6.89. The molecular weight excluding hydrogens is 220 g/mol. The molecule has 1 aromatic rings. The van der Waals surface area contributed by atoms with Crippen molar-refractivity contribution in [2.75, 3.05) is 20.6 Å². The molecule has 1 aromatic carbocycles. The molecule has 2 atom stereocenters. The van der Waals surface area contributed by atoms with Crippen molar-refractivity contribution < 1.29 is 0 Å². The van der Waals surface area contributed by atoms with Crippen molar-refractivity contribution >= 4 is 0 Å². The van der Waals surface area contributed by atoms with Crippen molar-refractivity contribution in [3.05, 3.63) is 35.4 Å². The van der Waals surface area contributed by atoms with Crippen molar-refractivity contribution in [3.8, 4) is 0 Å². The Hall–Kier alpha value is -0.860. The lowest BCUT2D eigenvalue weighted by Gasteiger charge is -2.33. The van der Waals surface area contributed by atoms with Crippen molar-refractivity contribution in [3.63, 3.8) is 0 Å². The van der Waals surface area contributed by atoms with Crippen molar-refractivity contribution in [1.82, 2.24) is 10.2 Å². The Bertz CT molecular complexity index is 343.